The maximum Gasteiger partial charge on any atom is 0.227 e. The van der Waals surface area contributed by atoms with Crippen LogP contribution in [0.2, 0.25) is 0 Å². The van der Waals surface area contributed by atoms with Gasteiger partial charge >= 0.3 is 0 Å². The zero-order valence-electron chi connectivity index (χ0n) is 21.0. The fourth-order valence-electron chi connectivity index (χ4n) is 5.72. The lowest BCUT2D eigenvalue weighted by Gasteiger charge is -2.33. The zero-order chi connectivity index (χ0) is 24.6. The minimum atomic E-state index is -3.22. The average Bonchev–Trinajstić information content (AvgIpc) is 3.51. The van der Waals surface area contributed by atoms with Crippen molar-refractivity contribution in [3.05, 3.63) is 6.33 Å². The summed E-state index contributed by atoms with van der Waals surface area (Å²) in [6.45, 7) is 4.53. The second-order valence-electron chi connectivity index (χ2n) is 10.8. The minimum absolute atomic E-state index is 0.142. The molecular formula is C24H40N8O2S. The van der Waals surface area contributed by atoms with E-state index in [1.54, 1.807) is 18.2 Å². The molecule has 1 aliphatic heterocycles. The van der Waals surface area contributed by atoms with Crippen LogP contribution in [0, 0.1) is 0 Å². The van der Waals surface area contributed by atoms with Crippen LogP contribution < -0.4 is 16.4 Å². The molecule has 35 heavy (non-hydrogen) atoms. The SMILES string of the molecule is CC(C)S(=O)(=O)N1CCC(Nc2nc(NC3CCC(N)CC3)nc3c2ncn3C2CCCC2)CC1. The van der Waals surface area contributed by atoms with Gasteiger partial charge in [-0.1, -0.05) is 12.8 Å². The number of sulfonamides is 1. The third kappa shape index (κ3) is 5.27. The molecule has 2 aromatic rings. The molecule has 0 spiro atoms. The van der Waals surface area contributed by atoms with Crippen molar-refractivity contribution in [1.29, 1.82) is 0 Å². The number of imidazole rings is 1. The molecule has 0 bridgehead atoms. The number of anilines is 2. The monoisotopic (exact) mass is 504 g/mol. The second kappa shape index (κ2) is 10.2. The highest BCUT2D eigenvalue weighted by molar-refractivity contribution is 7.89. The van der Waals surface area contributed by atoms with Crippen LogP contribution in [0.4, 0.5) is 11.8 Å². The Balaban J connectivity index is 1.37. The maximum absolute atomic E-state index is 12.6. The summed E-state index contributed by atoms with van der Waals surface area (Å²) in [5.74, 6) is 1.38. The van der Waals surface area contributed by atoms with E-state index in [0.29, 0.717) is 37.2 Å². The van der Waals surface area contributed by atoms with Crippen LogP contribution in [-0.4, -0.2) is 68.7 Å². The largest absolute Gasteiger partial charge is 0.365 e. The molecule has 0 unspecified atom stereocenters. The molecule has 2 saturated carbocycles. The van der Waals surface area contributed by atoms with Crippen LogP contribution in [-0.2, 0) is 10.0 Å². The van der Waals surface area contributed by atoms with Crippen molar-refractivity contribution in [2.75, 3.05) is 23.7 Å². The van der Waals surface area contributed by atoms with Crippen molar-refractivity contribution in [3.8, 4) is 0 Å². The Kier molecular flexibility index (Phi) is 7.18. The first-order valence-electron chi connectivity index (χ1n) is 13.3. The molecule has 1 saturated heterocycles. The molecule has 0 aromatic carbocycles. The van der Waals surface area contributed by atoms with Gasteiger partial charge in [0.05, 0.1) is 11.6 Å². The van der Waals surface area contributed by atoms with E-state index in [1.807, 2.05) is 6.33 Å². The topological polar surface area (TPSA) is 131 Å². The Morgan fingerprint density at radius 1 is 0.943 bits per heavy atom. The van der Waals surface area contributed by atoms with Crippen molar-refractivity contribution in [3.63, 3.8) is 0 Å². The number of hydrogen-bond donors (Lipinski definition) is 3. The summed E-state index contributed by atoms with van der Waals surface area (Å²) in [7, 11) is -3.22. The molecule has 194 valence electrons. The summed E-state index contributed by atoms with van der Waals surface area (Å²) >= 11 is 0. The van der Waals surface area contributed by atoms with Gasteiger partial charge in [-0.3, -0.25) is 0 Å². The van der Waals surface area contributed by atoms with Crippen LogP contribution in [0.1, 0.15) is 84.1 Å². The van der Waals surface area contributed by atoms with Gasteiger partial charge < -0.3 is 20.9 Å². The molecule has 11 heteroatoms. The molecule has 3 heterocycles. The van der Waals surface area contributed by atoms with Gasteiger partial charge in [0.25, 0.3) is 0 Å². The molecule has 4 N–H and O–H groups in total. The minimum Gasteiger partial charge on any atom is -0.365 e. The van der Waals surface area contributed by atoms with Gasteiger partial charge in [-0.15, -0.1) is 0 Å². The average molecular weight is 505 g/mol. The fourth-order valence-corrected chi connectivity index (χ4v) is 7.04. The van der Waals surface area contributed by atoms with E-state index >= 15 is 0 Å². The van der Waals surface area contributed by atoms with Gasteiger partial charge in [-0.2, -0.15) is 9.97 Å². The van der Waals surface area contributed by atoms with Crippen molar-refractivity contribution >= 4 is 33.0 Å². The zero-order valence-corrected chi connectivity index (χ0v) is 21.8. The number of nitrogens with zero attached hydrogens (tertiary/aromatic N) is 5. The van der Waals surface area contributed by atoms with Crippen molar-refractivity contribution in [2.24, 2.45) is 5.73 Å². The Hall–Kier alpha value is -1.98. The summed E-state index contributed by atoms with van der Waals surface area (Å²) in [6, 6.07) is 1.20. The van der Waals surface area contributed by atoms with Gasteiger partial charge in [0, 0.05) is 37.3 Å². The summed E-state index contributed by atoms with van der Waals surface area (Å²) in [5, 5.41) is 6.78. The van der Waals surface area contributed by atoms with E-state index in [4.69, 9.17) is 20.7 Å². The number of rotatable bonds is 7. The van der Waals surface area contributed by atoms with E-state index in [9.17, 15) is 8.42 Å². The Bertz CT molecular complexity index is 1110. The van der Waals surface area contributed by atoms with Crippen molar-refractivity contribution in [2.45, 2.75) is 107 Å². The standard InChI is InChI=1S/C24H40N8O2S/c1-16(2)35(33,34)31-13-11-19(12-14-31)27-22-21-23(32(15-26-21)20-5-3-4-6-20)30-24(29-22)28-18-9-7-17(25)8-10-18/h15-20H,3-14,25H2,1-2H3,(H2,27,28,29,30). The first-order chi connectivity index (χ1) is 16.8. The Labute approximate surface area is 208 Å². The molecule has 2 aromatic heterocycles. The van der Waals surface area contributed by atoms with E-state index in [2.05, 4.69) is 15.2 Å². The van der Waals surface area contributed by atoms with Crippen molar-refractivity contribution < 1.29 is 8.42 Å². The van der Waals surface area contributed by atoms with Gasteiger partial charge in [-0.25, -0.2) is 17.7 Å². The van der Waals surface area contributed by atoms with Crippen LogP contribution in [0.3, 0.4) is 0 Å². The predicted octanol–water partition coefficient (Wildman–Crippen LogP) is 3.24. The van der Waals surface area contributed by atoms with Gasteiger partial charge in [0.15, 0.2) is 17.0 Å². The number of piperidine rings is 1. The molecule has 10 nitrogen and oxygen atoms in total. The van der Waals surface area contributed by atoms with E-state index in [1.165, 1.54) is 12.8 Å². The second-order valence-corrected chi connectivity index (χ2v) is 13.3. The van der Waals surface area contributed by atoms with Crippen LogP contribution in [0.5, 0.6) is 0 Å². The Morgan fingerprint density at radius 3 is 2.26 bits per heavy atom. The van der Waals surface area contributed by atoms with Crippen molar-refractivity contribution in [1.82, 2.24) is 23.8 Å². The molecule has 0 amide bonds. The lowest BCUT2D eigenvalue weighted by Crippen LogP contribution is -2.45. The molecule has 0 atom stereocenters. The van der Waals surface area contributed by atoms with Crippen LogP contribution >= 0.6 is 0 Å². The van der Waals surface area contributed by atoms with Crippen LogP contribution in [0.15, 0.2) is 6.33 Å². The van der Waals surface area contributed by atoms with E-state index < -0.39 is 15.3 Å². The van der Waals surface area contributed by atoms with Gasteiger partial charge in [0.2, 0.25) is 16.0 Å². The van der Waals surface area contributed by atoms with Gasteiger partial charge in [-0.05, 0) is 65.2 Å². The third-order valence-electron chi connectivity index (χ3n) is 7.99. The number of hydrogen-bond acceptors (Lipinski definition) is 8. The lowest BCUT2D eigenvalue weighted by atomic mass is 9.92. The molecule has 3 aliphatic rings. The number of fused-ring (bicyclic) bond motifs is 1. The summed E-state index contributed by atoms with van der Waals surface area (Å²) in [6.07, 6.45) is 12.3. The molecule has 0 radical (unpaired) electrons. The van der Waals surface area contributed by atoms with E-state index in [-0.39, 0.29) is 6.04 Å². The molecule has 5 rings (SSSR count). The maximum atomic E-state index is 12.6. The predicted molar refractivity (Wildman–Crippen MR) is 139 cm³/mol. The molecular weight excluding hydrogens is 464 g/mol. The summed E-state index contributed by atoms with van der Waals surface area (Å²) in [4.78, 5) is 14.5. The lowest BCUT2D eigenvalue weighted by molar-refractivity contribution is 0.327. The highest BCUT2D eigenvalue weighted by atomic mass is 32.2. The number of nitrogens with one attached hydrogen (secondary N) is 2. The van der Waals surface area contributed by atoms with E-state index in [0.717, 1.165) is 68.3 Å². The molecule has 2 aliphatic carbocycles. The normalized spacial score (nSPS) is 25.5. The highest BCUT2D eigenvalue weighted by Gasteiger charge is 2.31. The first kappa shape index (κ1) is 24.7. The molecule has 3 fully saturated rings. The smallest absolute Gasteiger partial charge is 0.227 e. The highest BCUT2D eigenvalue weighted by Crippen LogP contribution is 2.34. The Morgan fingerprint density at radius 2 is 1.60 bits per heavy atom. The number of nitrogens with two attached hydrogens (primary N) is 1. The quantitative estimate of drug-likeness (QED) is 0.524. The first-order valence-corrected chi connectivity index (χ1v) is 14.8. The number of aromatic nitrogens is 4. The fraction of sp³-hybridized carbons (Fsp3) is 0.792. The summed E-state index contributed by atoms with van der Waals surface area (Å²) in [5.41, 5.74) is 7.78. The third-order valence-corrected chi connectivity index (χ3v) is 10.3. The van der Waals surface area contributed by atoms with Crippen LogP contribution in [0.25, 0.3) is 11.2 Å². The van der Waals surface area contributed by atoms with Gasteiger partial charge in [0.1, 0.15) is 0 Å². The summed E-state index contributed by atoms with van der Waals surface area (Å²) < 4.78 is 29.0.